The van der Waals surface area contributed by atoms with Crippen molar-refractivity contribution in [1.29, 1.82) is 0 Å². The van der Waals surface area contributed by atoms with E-state index < -0.39 is 10.8 Å². The molecule has 5 aliphatic rings. The first-order chi connectivity index (χ1) is 6.48. The van der Waals surface area contributed by atoms with Crippen LogP contribution in [0, 0.1) is 22.7 Å². The predicted molar refractivity (Wildman–Crippen MR) is 48.8 cm³/mol. The normalized spacial score (nSPS) is 51.6. The molecule has 4 N–H and O–H groups in total. The van der Waals surface area contributed by atoms with E-state index >= 15 is 0 Å². The fraction of sp³-hybridized carbons (Fsp3) is 0.556. The number of hydrogen-bond donors (Lipinski definition) is 2. The fourth-order valence-corrected chi connectivity index (χ4v) is 4.15. The van der Waals surface area contributed by atoms with E-state index in [0.717, 1.165) is 0 Å². The molecular weight excluding hydrogens is 204 g/mol. The highest BCUT2D eigenvalue weighted by molar-refractivity contribution is 6.32. The lowest BCUT2D eigenvalue weighted by Crippen LogP contribution is -2.81. The second-order valence-electron chi connectivity index (χ2n) is 4.45. The van der Waals surface area contributed by atoms with Crippen molar-refractivity contribution in [1.82, 2.24) is 0 Å². The average molecular weight is 213 g/mol. The van der Waals surface area contributed by atoms with Gasteiger partial charge in [-0.05, 0) is 6.42 Å². The third-order valence-electron chi connectivity index (χ3n) is 4.24. The summed E-state index contributed by atoms with van der Waals surface area (Å²) < 4.78 is 0. The number of carbonyl (C=O) groups is 2. The maximum absolute atomic E-state index is 11.3. The smallest absolute Gasteiger partial charge is 0.225 e. The highest BCUT2D eigenvalue weighted by Crippen LogP contribution is 2.86. The number of nitrogens with two attached hydrogens (primary N) is 2. The zero-order valence-electron chi connectivity index (χ0n) is 7.29. The lowest BCUT2D eigenvalue weighted by molar-refractivity contribution is -0.256. The summed E-state index contributed by atoms with van der Waals surface area (Å²) in [6.07, 6.45) is 2.25. The van der Waals surface area contributed by atoms with Gasteiger partial charge in [0, 0.05) is 16.9 Å². The van der Waals surface area contributed by atoms with Gasteiger partial charge in [-0.15, -0.1) is 0 Å². The number of amides is 2. The van der Waals surface area contributed by atoms with Crippen LogP contribution in [0.25, 0.3) is 0 Å². The molecule has 74 valence electrons. The number of halogens is 1. The van der Waals surface area contributed by atoms with Crippen LogP contribution in [0.4, 0.5) is 0 Å². The Kier molecular flexibility index (Phi) is 1.09. The van der Waals surface area contributed by atoms with E-state index in [1.165, 1.54) is 0 Å². The van der Waals surface area contributed by atoms with Crippen molar-refractivity contribution in [3.05, 3.63) is 11.1 Å². The first kappa shape index (κ1) is 8.29. The van der Waals surface area contributed by atoms with Gasteiger partial charge in [0.05, 0.1) is 10.8 Å². The molecule has 0 aromatic heterocycles. The Bertz CT molecular complexity index is 391. The molecule has 3 fully saturated rings. The highest BCUT2D eigenvalue weighted by atomic mass is 35.5. The summed E-state index contributed by atoms with van der Waals surface area (Å²) in [6.45, 7) is 0. The van der Waals surface area contributed by atoms with Crippen LogP contribution in [0.5, 0.6) is 0 Å². The molecule has 3 saturated carbocycles. The first-order valence-corrected chi connectivity index (χ1v) is 4.83. The molecule has 2 unspecified atom stereocenters. The van der Waals surface area contributed by atoms with Crippen molar-refractivity contribution in [2.24, 2.45) is 34.1 Å². The molecule has 0 spiro atoms. The minimum Gasteiger partial charge on any atom is -0.369 e. The van der Waals surface area contributed by atoms with E-state index in [0.29, 0.717) is 11.5 Å². The SMILES string of the molecule is NC(=O)[C@@]12C[C@@]3(C(N)=O)C1C=C(Cl)C23. The average Bonchev–Trinajstić information content (AvgIpc) is 2.32. The van der Waals surface area contributed by atoms with Gasteiger partial charge in [-0.1, -0.05) is 17.7 Å². The van der Waals surface area contributed by atoms with Gasteiger partial charge in [0.15, 0.2) is 0 Å². The molecule has 5 rings (SSSR count). The Morgan fingerprint density at radius 3 is 2.14 bits per heavy atom. The molecule has 5 aliphatic carbocycles. The van der Waals surface area contributed by atoms with E-state index in [-0.39, 0.29) is 23.7 Å². The number of primary amides is 2. The molecule has 2 amide bonds. The fourth-order valence-electron chi connectivity index (χ4n) is 3.64. The van der Waals surface area contributed by atoms with Gasteiger partial charge in [0.25, 0.3) is 0 Å². The lowest BCUT2D eigenvalue weighted by atomic mass is 9.26. The summed E-state index contributed by atoms with van der Waals surface area (Å²) in [4.78, 5) is 22.6. The minimum absolute atomic E-state index is 0.137. The molecule has 4 bridgehead atoms. The lowest BCUT2D eigenvalue weighted by Gasteiger charge is -2.73. The number of allylic oxidation sites excluding steroid dienone is 2. The number of hydrogen-bond acceptors (Lipinski definition) is 2. The van der Waals surface area contributed by atoms with Crippen LogP contribution in [-0.4, -0.2) is 11.8 Å². The van der Waals surface area contributed by atoms with Crippen LogP contribution in [0.1, 0.15) is 6.42 Å². The molecule has 0 aliphatic heterocycles. The van der Waals surface area contributed by atoms with E-state index in [2.05, 4.69) is 0 Å². The Hall–Kier alpha value is -1.03. The maximum atomic E-state index is 11.3. The number of rotatable bonds is 2. The highest BCUT2D eigenvalue weighted by Gasteiger charge is 2.90. The summed E-state index contributed by atoms with van der Waals surface area (Å²) in [7, 11) is 0. The molecule has 0 aromatic carbocycles. The quantitative estimate of drug-likeness (QED) is 0.660. The third kappa shape index (κ3) is 0.455. The summed E-state index contributed by atoms with van der Waals surface area (Å²) in [6, 6.07) is 0. The zero-order valence-corrected chi connectivity index (χ0v) is 8.04. The van der Waals surface area contributed by atoms with Gasteiger partial charge in [-0.25, -0.2) is 0 Å². The molecular formula is C9H9ClN2O2. The van der Waals surface area contributed by atoms with Crippen molar-refractivity contribution in [3.63, 3.8) is 0 Å². The molecule has 0 radical (unpaired) electrons. The predicted octanol–water partition coefficient (Wildman–Crippen LogP) is -0.284. The number of carbonyl (C=O) groups excluding carboxylic acids is 2. The van der Waals surface area contributed by atoms with Crippen molar-refractivity contribution < 1.29 is 9.59 Å². The van der Waals surface area contributed by atoms with Crippen molar-refractivity contribution >= 4 is 23.4 Å². The standard InChI is InChI=1S/C9H9ClN2O2/c10-3-1-4-8(6(11)13)2-9(4,5(3)8)7(12)14/h1,4-5H,2H2,(H2,11,13)(H2,12,14)/t4?,5?,8-,9+. The van der Waals surface area contributed by atoms with Gasteiger partial charge in [-0.2, -0.15) is 0 Å². The van der Waals surface area contributed by atoms with Crippen molar-refractivity contribution in [3.8, 4) is 0 Å². The maximum Gasteiger partial charge on any atom is 0.225 e. The Balaban J connectivity index is 2.06. The van der Waals surface area contributed by atoms with E-state index in [9.17, 15) is 9.59 Å². The zero-order chi connectivity index (χ0) is 10.3. The molecule has 0 aromatic rings. The van der Waals surface area contributed by atoms with Crippen molar-refractivity contribution in [2.45, 2.75) is 6.42 Å². The Morgan fingerprint density at radius 2 is 1.86 bits per heavy atom. The Morgan fingerprint density at radius 1 is 1.36 bits per heavy atom. The van der Waals surface area contributed by atoms with Crippen LogP contribution in [0.15, 0.2) is 11.1 Å². The van der Waals surface area contributed by atoms with Crippen LogP contribution in [0.3, 0.4) is 0 Å². The van der Waals surface area contributed by atoms with Gasteiger partial charge in [0.1, 0.15) is 0 Å². The molecule has 0 saturated heterocycles. The van der Waals surface area contributed by atoms with Gasteiger partial charge >= 0.3 is 0 Å². The van der Waals surface area contributed by atoms with Gasteiger partial charge in [-0.3, -0.25) is 9.59 Å². The Labute approximate surface area is 85.3 Å². The molecule has 14 heavy (non-hydrogen) atoms. The minimum atomic E-state index is -0.577. The summed E-state index contributed by atoms with van der Waals surface area (Å²) >= 11 is 5.94. The van der Waals surface area contributed by atoms with Crippen LogP contribution in [0.2, 0.25) is 0 Å². The second kappa shape index (κ2) is 1.84. The summed E-state index contributed by atoms with van der Waals surface area (Å²) in [5.41, 5.74) is 9.50. The van der Waals surface area contributed by atoms with E-state index in [1.54, 1.807) is 6.08 Å². The molecule has 4 nitrogen and oxygen atoms in total. The molecule has 4 atom stereocenters. The van der Waals surface area contributed by atoms with E-state index in [4.69, 9.17) is 23.1 Å². The molecule has 5 heteroatoms. The van der Waals surface area contributed by atoms with E-state index in [1.807, 2.05) is 0 Å². The van der Waals surface area contributed by atoms with Crippen LogP contribution >= 0.6 is 11.6 Å². The summed E-state index contributed by atoms with van der Waals surface area (Å²) in [5, 5.41) is 0.582. The van der Waals surface area contributed by atoms with Gasteiger partial charge < -0.3 is 11.5 Å². The van der Waals surface area contributed by atoms with Crippen molar-refractivity contribution in [2.75, 3.05) is 0 Å². The van der Waals surface area contributed by atoms with Crippen LogP contribution in [-0.2, 0) is 9.59 Å². The monoisotopic (exact) mass is 212 g/mol. The largest absolute Gasteiger partial charge is 0.369 e. The third-order valence-corrected chi connectivity index (χ3v) is 4.59. The second-order valence-corrected chi connectivity index (χ2v) is 4.88. The van der Waals surface area contributed by atoms with Gasteiger partial charge in [0.2, 0.25) is 11.8 Å². The molecule has 0 heterocycles. The summed E-state index contributed by atoms with van der Waals surface area (Å²) in [5.74, 6) is -1.08. The topological polar surface area (TPSA) is 86.2 Å². The first-order valence-electron chi connectivity index (χ1n) is 4.45. The van der Waals surface area contributed by atoms with Crippen LogP contribution < -0.4 is 11.5 Å².